The summed E-state index contributed by atoms with van der Waals surface area (Å²) in [5.41, 5.74) is 0. The van der Waals surface area contributed by atoms with Crippen molar-refractivity contribution in [2.75, 3.05) is 6.54 Å². The van der Waals surface area contributed by atoms with Gasteiger partial charge in [0.25, 0.3) is 0 Å². The van der Waals surface area contributed by atoms with Gasteiger partial charge in [0, 0.05) is 12.5 Å². The molecule has 1 saturated heterocycles. The van der Waals surface area contributed by atoms with Crippen molar-refractivity contribution in [1.29, 1.82) is 0 Å². The number of furan rings is 1. The lowest BCUT2D eigenvalue weighted by atomic mass is 10.0. The first-order valence-corrected chi connectivity index (χ1v) is 8.21. The highest BCUT2D eigenvalue weighted by atomic mass is 16.5. The highest BCUT2D eigenvalue weighted by Gasteiger charge is 2.34. The summed E-state index contributed by atoms with van der Waals surface area (Å²) < 4.78 is 10.7. The Labute approximate surface area is 134 Å². The number of hydrogen-bond donors (Lipinski definition) is 1. The molecule has 2 aromatic rings. The lowest BCUT2D eigenvalue weighted by molar-refractivity contribution is 0.131. The molecule has 2 aliphatic rings. The zero-order valence-electron chi connectivity index (χ0n) is 12.9. The first-order chi connectivity index (χ1) is 11.3. The fraction of sp³-hybridized carbons (Fsp3) is 0.562. The molecule has 1 atom stereocenters. The van der Waals surface area contributed by atoms with Crippen molar-refractivity contribution in [1.82, 2.24) is 20.4 Å². The maximum atomic E-state index is 12.5. The molecule has 1 aliphatic heterocycles. The Bertz CT molecular complexity index is 663. The van der Waals surface area contributed by atoms with Gasteiger partial charge in [-0.3, -0.25) is 0 Å². The Morgan fingerprint density at radius 3 is 3.04 bits per heavy atom. The number of nitrogens with one attached hydrogen (secondary N) is 1. The molecule has 2 aromatic heterocycles. The molecule has 2 amide bonds. The first kappa shape index (κ1) is 14.3. The molecule has 23 heavy (non-hydrogen) atoms. The van der Waals surface area contributed by atoms with Crippen LogP contribution in [0.25, 0.3) is 0 Å². The molecule has 0 spiro atoms. The van der Waals surface area contributed by atoms with Crippen LogP contribution in [0.1, 0.15) is 61.5 Å². The van der Waals surface area contributed by atoms with Gasteiger partial charge in [-0.05, 0) is 44.2 Å². The Kier molecular flexibility index (Phi) is 3.77. The Balaban J connectivity index is 1.44. The first-order valence-electron chi connectivity index (χ1n) is 8.21. The van der Waals surface area contributed by atoms with Gasteiger partial charge in [-0.2, -0.15) is 4.98 Å². The predicted molar refractivity (Wildman–Crippen MR) is 80.5 cm³/mol. The van der Waals surface area contributed by atoms with Gasteiger partial charge in [0.2, 0.25) is 5.89 Å². The highest BCUT2D eigenvalue weighted by molar-refractivity contribution is 5.74. The minimum Gasteiger partial charge on any atom is -0.467 e. The fourth-order valence-corrected chi connectivity index (χ4v) is 3.00. The van der Waals surface area contributed by atoms with Crippen molar-refractivity contribution < 1.29 is 13.7 Å². The largest absolute Gasteiger partial charge is 0.467 e. The quantitative estimate of drug-likeness (QED) is 0.937. The number of carbonyl (C=O) groups is 1. The number of nitrogens with zero attached hydrogens (tertiary/aromatic N) is 3. The molecule has 1 saturated carbocycles. The van der Waals surface area contributed by atoms with Crippen LogP contribution in [-0.4, -0.2) is 27.6 Å². The zero-order chi connectivity index (χ0) is 15.6. The molecule has 0 bridgehead atoms. The van der Waals surface area contributed by atoms with E-state index in [1.807, 2.05) is 12.1 Å². The van der Waals surface area contributed by atoms with Crippen LogP contribution in [0.3, 0.4) is 0 Å². The minimum atomic E-state index is -0.125. The van der Waals surface area contributed by atoms with Gasteiger partial charge in [0.15, 0.2) is 5.82 Å². The van der Waals surface area contributed by atoms with Gasteiger partial charge in [-0.1, -0.05) is 5.16 Å². The van der Waals surface area contributed by atoms with E-state index in [1.165, 1.54) is 0 Å². The third kappa shape index (κ3) is 3.09. The highest BCUT2D eigenvalue weighted by Crippen LogP contribution is 2.39. The maximum absolute atomic E-state index is 12.5. The van der Waals surface area contributed by atoms with Crippen molar-refractivity contribution >= 4 is 6.03 Å². The number of likely N-dealkylation sites (tertiary alicyclic amines) is 1. The van der Waals surface area contributed by atoms with Crippen LogP contribution in [0.4, 0.5) is 4.79 Å². The van der Waals surface area contributed by atoms with Gasteiger partial charge in [0.1, 0.15) is 11.8 Å². The van der Waals surface area contributed by atoms with Crippen molar-refractivity contribution in [2.24, 2.45) is 0 Å². The molecule has 0 unspecified atom stereocenters. The van der Waals surface area contributed by atoms with E-state index in [0.29, 0.717) is 24.9 Å². The van der Waals surface area contributed by atoms with Gasteiger partial charge < -0.3 is 19.2 Å². The number of hydrogen-bond acceptors (Lipinski definition) is 5. The number of aromatic nitrogens is 2. The summed E-state index contributed by atoms with van der Waals surface area (Å²) in [6, 6.07) is 3.41. The molecule has 2 fully saturated rings. The summed E-state index contributed by atoms with van der Waals surface area (Å²) in [6.07, 6.45) is 6.79. The molecule has 0 radical (unpaired) electrons. The van der Waals surface area contributed by atoms with Crippen molar-refractivity contribution in [3.63, 3.8) is 0 Å². The normalized spacial score (nSPS) is 21.4. The van der Waals surface area contributed by atoms with E-state index in [4.69, 9.17) is 8.94 Å². The van der Waals surface area contributed by atoms with E-state index in [1.54, 1.807) is 11.2 Å². The van der Waals surface area contributed by atoms with Crippen molar-refractivity contribution in [2.45, 2.75) is 50.6 Å². The maximum Gasteiger partial charge on any atom is 0.318 e. The van der Waals surface area contributed by atoms with Crippen LogP contribution in [0, 0.1) is 0 Å². The Morgan fingerprint density at radius 1 is 1.35 bits per heavy atom. The molecule has 3 heterocycles. The predicted octanol–water partition coefficient (Wildman–Crippen LogP) is 2.98. The van der Waals surface area contributed by atoms with E-state index in [9.17, 15) is 4.79 Å². The number of urea groups is 1. The average molecular weight is 316 g/mol. The summed E-state index contributed by atoms with van der Waals surface area (Å²) in [5.74, 6) is 2.55. The molecule has 7 heteroatoms. The van der Waals surface area contributed by atoms with E-state index in [2.05, 4.69) is 15.5 Å². The Hall–Kier alpha value is -2.31. The zero-order valence-corrected chi connectivity index (χ0v) is 12.9. The third-order valence-corrected chi connectivity index (χ3v) is 4.44. The monoisotopic (exact) mass is 316 g/mol. The van der Waals surface area contributed by atoms with Crippen LogP contribution in [0.5, 0.6) is 0 Å². The smallest absolute Gasteiger partial charge is 0.318 e. The number of piperidine rings is 1. The van der Waals surface area contributed by atoms with Crippen LogP contribution in [0.2, 0.25) is 0 Å². The van der Waals surface area contributed by atoms with Crippen molar-refractivity contribution in [3.05, 3.63) is 35.9 Å². The molecular weight excluding hydrogens is 296 g/mol. The summed E-state index contributed by atoms with van der Waals surface area (Å²) in [7, 11) is 0. The molecule has 7 nitrogen and oxygen atoms in total. The molecule has 1 N–H and O–H groups in total. The standard InChI is InChI=1S/C16H20N4O3/c21-16(17-10-12-4-3-9-22-12)20-8-2-1-5-13(20)15-18-14(19-23-15)11-6-7-11/h3-4,9,11,13H,1-2,5-8,10H2,(H,17,21)/t13-/m1/s1. The number of amides is 2. The Morgan fingerprint density at radius 2 is 2.26 bits per heavy atom. The summed E-state index contributed by atoms with van der Waals surface area (Å²) in [4.78, 5) is 18.8. The second kappa shape index (κ2) is 6.06. The third-order valence-electron chi connectivity index (χ3n) is 4.44. The molecule has 1 aliphatic carbocycles. The fourth-order valence-electron chi connectivity index (χ4n) is 3.00. The van der Waals surface area contributed by atoms with Gasteiger partial charge in [-0.15, -0.1) is 0 Å². The van der Waals surface area contributed by atoms with Crippen LogP contribution >= 0.6 is 0 Å². The molecular formula is C16H20N4O3. The van der Waals surface area contributed by atoms with Gasteiger partial charge >= 0.3 is 6.03 Å². The van der Waals surface area contributed by atoms with Crippen molar-refractivity contribution in [3.8, 4) is 0 Å². The summed E-state index contributed by atoms with van der Waals surface area (Å²) in [5, 5.41) is 6.97. The van der Waals surface area contributed by atoms with E-state index in [-0.39, 0.29) is 12.1 Å². The molecule has 4 rings (SSSR count). The second-order valence-corrected chi connectivity index (χ2v) is 6.21. The summed E-state index contributed by atoms with van der Waals surface area (Å²) in [6.45, 7) is 1.09. The minimum absolute atomic E-state index is 0.114. The SMILES string of the molecule is O=C(NCc1ccco1)N1CCCC[C@@H]1c1nc(C2CC2)no1. The van der Waals surface area contributed by atoms with Crippen LogP contribution in [0.15, 0.2) is 27.3 Å². The second-order valence-electron chi connectivity index (χ2n) is 6.21. The van der Waals surface area contributed by atoms with E-state index in [0.717, 1.165) is 43.7 Å². The number of carbonyl (C=O) groups excluding carboxylic acids is 1. The summed E-state index contributed by atoms with van der Waals surface area (Å²) >= 11 is 0. The molecule has 122 valence electrons. The van der Waals surface area contributed by atoms with Gasteiger partial charge in [0.05, 0.1) is 12.8 Å². The lowest BCUT2D eigenvalue weighted by Crippen LogP contribution is -2.44. The van der Waals surface area contributed by atoms with Crippen LogP contribution < -0.4 is 5.32 Å². The number of rotatable bonds is 4. The van der Waals surface area contributed by atoms with Crippen LogP contribution in [-0.2, 0) is 6.54 Å². The van der Waals surface area contributed by atoms with Gasteiger partial charge in [-0.25, -0.2) is 4.79 Å². The van der Waals surface area contributed by atoms with E-state index >= 15 is 0 Å². The lowest BCUT2D eigenvalue weighted by Gasteiger charge is -2.33. The average Bonchev–Trinajstić information content (AvgIpc) is 3.11. The topological polar surface area (TPSA) is 84.4 Å². The molecule has 0 aromatic carbocycles. The van der Waals surface area contributed by atoms with E-state index < -0.39 is 0 Å².